The molecule has 4 rings (SSSR count). The number of esters is 1. The topological polar surface area (TPSA) is 112 Å². The van der Waals surface area contributed by atoms with Gasteiger partial charge in [0.05, 0.1) is 30.7 Å². The van der Waals surface area contributed by atoms with Gasteiger partial charge in [0, 0.05) is 25.6 Å². The molecule has 9 nitrogen and oxygen atoms in total. The third kappa shape index (κ3) is 8.38. The Balaban J connectivity index is 1.52. The van der Waals surface area contributed by atoms with E-state index >= 15 is 4.39 Å². The minimum atomic E-state index is -0.654. The molecule has 3 aromatic rings. The molecule has 3 heterocycles. The van der Waals surface area contributed by atoms with Crippen LogP contribution in [0.1, 0.15) is 44.7 Å². The molecule has 10 heteroatoms. The van der Waals surface area contributed by atoms with Gasteiger partial charge < -0.3 is 25.0 Å². The van der Waals surface area contributed by atoms with E-state index in [1.54, 1.807) is 6.20 Å². The third-order valence-corrected chi connectivity index (χ3v) is 6.22. The fourth-order valence-corrected chi connectivity index (χ4v) is 4.35. The molecule has 0 spiro atoms. The van der Waals surface area contributed by atoms with E-state index in [1.807, 2.05) is 69.3 Å². The standard InChI is InChI=1S/C30H35FN6O3/c1-30(2,3)40-27(38)12-10-23(17-21-7-5-4-6-8-21)34-29-25(31)18-22(19-32)28(36-29)35-24-9-11-26(33-20-24)37-13-15-39-16-14-37/h4-9,11,18,20,23H,10,12-17H2,1-3H3,(H2,34,35,36)/t23-/m0/s1. The zero-order valence-corrected chi connectivity index (χ0v) is 23.1. The summed E-state index contributed by atoms with van der Waals surface area (Å²) >= 11 is 0. The van der Waals surface area contributed by atoms with Crippen molar-refractivity contribution in [3.05, 3.63) is 71.7 Å². The number of hydrogen-bond donors (Lipinski definition) is 2. The highest BCUT2D eigenvalue weighted by atomic mass is 19.1. The normalized spacial score (nSPS) is 14.2. The molecule has 2 N–H and O–H groups in total. The first-order chi connectivity index (χ1) is 19.2. The number of rotatable bonds is 10. The number of halogens is 1. The average Bonchev–Trinajstić information content (AvgIpc) is 2.94. The Bertz CT molecular complexity index is 1320. The van der Waals surface area contributed by atoms with Gasteiger partial charge in [-0.1, -0.05) is 30.3 Å². The highest BCUT2D eigenvalue weighted by Crippen LogP contribution is 2.26. The summed E-state index contributed by atoms with van der Waals surface area (Å²) in [6.45, 7) is 8.32. The molecular weight excluding hydrogens is 511 g/mol. The first-order valence-electron chi connectivity index (χ1n) is 13.4. The van der Waals surface area contributed by atoms with Crippen LogP contribution in [0.5, 0.6) is 0 Å². The first-order valence-corrected chi connectivity index (χ1v) is 13.4. The molecule has 40 heavy (non-hydrogen) atoms. The van der Waals surface area contributed by atoms with E-state index in [2.05, 4.69) is 25.5 Å². The number of anilines is 4. The number of nitrogens with zero attached hydrogens (tertiary/aromatic N) is 4. The number of nitriles is 1. The number of hydrogen-bond acceptors (Lipinski definition) is 9. The van der Waals surface area contributed by atoms with Gasteiger partial charge in [-0.15, -0.1) is 0 Å². The number of carbonyl (C=O) groups is 1. The van der Waals surface area contributed by atoms with Gasteiger partial charge in [0.2, 0.25) is 0 Å². The Hall–Kier alpha value is -4.23. The van der Waals surface area contributed by atoms with Gasteiger partial charge in [-0.05, 0) is 57.4 Å². The van der Waals surface area contributed by atoms with Crippen molar-refractivity contribution in [2.75, 3.05) is 41.8 Å². The minimum Gasteiger partial charge on any atom is -0.460 e. The Morgan fingerprint density at radius 1 is 1.18 bits per heavy atom. The lowest BCUT2D eigenvalue weighted by Crippen LogP contribution is -2.36. The van der Waals surface area contributed by atoms with Gasteiger partial charge in [-0.2, -0.15) is 5.26 Å². The number of pyridine rings is 2. The van der Waals surface area contributed by atoms with Crippen molar-refractivity contribution in [1.29, 1.82) is 5.26 Å². The summed E-state index contributed by atoms with van der Waals surface area (Å²) in [5.41, 5.74) is 1.12. The van der Waals surface area contributed by atoms with E-state index in [-0.39, 0.29) is 35.6 Å². The maximum Gasteiger partial charge on any atom is 0.306 e. The Morgan fingerprint density at radius 2 is 1.93 bits per heavy atom. The van der Waals surface area contributed by atoms with Crippen LogP contribution in [0.4, 0.5) is 27.5 Å². The maximum atomic E-state index is 15.1. The summed E-state index contributed by atoms with van der Waals surface area (Å²) in [5, 5.41) is 15.9. The molecular formula is C30H35FN6O3. The molecule has 0 saturated carbocycles. The Morgan fingerprint density at radius 3 is 2.58 bits per heavy atom. The van der Waals surface area contributed by atoms with Gasteiger partial charge in [0.15, 0.2) is 17.5 Å². The quantitative estimate of drug-likeness (QED) is 0.331. The van der Waals surface area contributed by atoms with Crippen molar-refractivity contribution in [2.45, 2.75) is 51.7 Å². The second-order valence-corrected chi connectivity index (χ2v) is 10.6. The van der Waals surface area contributed by atoms with Crippen LogP contribution < -0.4 is 15.5 Å². The number of aromatic nitrogens is 2. The molecule has 1 saturated heterocycles. The van der Waals surface area contributed by atoms with Crippen LogP contribution in [-0.4, -0.2) is 53.9 Å². The molecule has 0 unspecified atom stereocenters. The van der Waals surface area contributed by atoms with Crippen LogP contribution >= 0.6 is 0 Å². The van der Waals surface area contributed by atoms with Crippen molar-refractivity contribution in [3.8, 4) is 6.07 Å². The predicted octanol–water partition coefficient (Wildman–Crippen LogP) is 5.21. The molecule has 2 aromatic heterocycles. The zero-order valence-electron chi connectivity index (χ0n) is 23.1. The van der Waals surface area contributed by atoms with Gasteiger partial charge in [0.25, 0.3) is 0 Å². The highest BCUT2D eigenvalue weighted by molar-refractivity contribution is 5.70. The lowest BCUT2D eigenvalue weighted by molar-refractivity contribution is -0.154. The molecule has 1 aliphatic heterocycles. The molecule has 0 radical (unpaired) electrons. The Labute approximate surface area is 234 Å². The number of benzene rings is 1. The van der Waals surface area contributed by atoms with E-state index in [4.69, 9.17) is 9.47 Å². The number of ether oxygens (including phenoxy) is 2. The predicted molar refractivity (Wildman–Crippen MR) is 152 cm³/mol. The third-order valence-electron chi connectivity index (χ3n) is 6.22. The van der Waals surface area contributed by atoms with Crippen molar-refractivity contribution in [2.24, 2.45) is 0 Å². The number of carbonyl (C=O) groups excluding carboxylic acids is 1. The van der Waals surface area contributed by atoms with Gasteiger partial charge in [-0.3, -0.25) is 4.79 Å². The van der Waals surface area contributed by atoms with Crippen LogP contribution in [0.15, 0.2) is 54.7 Å². The van der Waals surface area contributed by atoms with Gasteiger partial charge >= 0.3 is 5.97 Å². The summed E-state index contributed by atoms with van der Waals surface area (Å²) in [6, 6.07) is 16.3. The first kappa shape index (κ1) is 28.8. The molecule has 1 fully saturated rings. The second-order valence-electron chi connectivity index (χ2n) is 10.6. The molecule has 1 atom stereocenters. The largest absolute Gasteiger partial charge is 0.460 e. The van der Waals surface area contributed by atoms with Crippen molar-refractivity contribution >= 4 is 29.1 Å². The summed E-state index contributed by atoms with van der Waals surface area (Å²) in [7, 11) is 0. The summed E-state index contributed by atoms with van der Waals surface area (Å²) in [5.74, 6) is 0.0502. The number of nitrogens with one attached hydrogen (secondary N) is 2. The fraction of sp³-hybridized carbons (Fsp3) is 0.400. The monoisotopic (exact) mass is 546 g/mol. The second kappa shape index (κ2) is 13.2. The van der Waals surface area contributed by atoms with Crippen molar-refractivity contribution < 1.29 is 18.7 Å². The minimum absolute atomic E-state index is 0.00971. The SMILES string of the molecule is CC(C)(C)OC(=O)CC[C@@H](Cc1ccccc1)Nc1nc(Nc2ccc(N3CCOCC3)nc2)c(C#N)cc1F. The maximum absolute atomic E-state index is 15.1. The zero-order chi connectivity index (χ0) is 28.5. The summed E-state index contributed by atoms with van der Waals surface area (Å²) < 4.78 is 26.0. The molecule has 1 aromatic carbocycles. The van der Waals surface area contributed by atoms with E-state index in [0.29, 0.717) is 31.7 Å². The fourth-order valence-electron chi connectivity index (χ4n) is 4.35. The lowest BCUT2D eigenvalue weighted by atomic mass is 10.0. The smallest absolute Gasteiger partial charge is 0.306 e. The van der Waals surface area contributed by atoms with E-state index in [0.717, 1.165) is 30.5 Å². The molecule has 1 aliphatic rings. The lowest BCUT2D eigenvalue weighted by Gasteiger charge is -2.27. The van der Waals surface area contributed by atoms with Gasteiger partial charge in [0.1, 0.15) is 17.5 Å². The molecule has 210 valence electrons. The van der Waals surface area contributed by atoms with E-state index < -0.39 is 11.4 Å². The number of morpholine rings is 1. The molecule has 0 aliphatic carbocycles. The van der Waals surface area contributed by atoms with Crippen LogP contribution in [-0.2, 0) is 20.7 Å². The Kier molecular flexibility index (Phi) is 9.51. The average molecular weight is 547 g/mol. The van der Waals surface area contributed by atoms with Crippen LogP contribution in [0.3, 0.4) is 0 Å². The van der Waals surface area contributed by atoms with Crippen molar-refractivity contribution in [1.82, 2.24) is 9.97 Å². The molecule has 0 amide bonds. The summed E-state index contributed by atoms with van der Waals surface area (Å²) in [6.07, 6.45) is 2.76. The molecule has 0 bridgehead atoms. The van der Waals surface area contributed by atoms with Crippen LogP contribution in [0.2, 0.25) is 0 Å². The van der Waals surface area contributed by atoms with Crippen LogP contribution in [0, 0.1) is 17.1 Å². The highest BCUT2D eigenvalue weighted by Gasteiger charge is 2.21. The van der Waals surface area contributed by atoms with E-state index in [9.17, 15) is 10.1 Å². The van der Waals surface area contributed by atoms with E-state index in [1.165, 1.54) is 0 Å². The van der Waals surface area contributed by atoms with Crippen LogP contribution in [0.25, 0.3) is 0 Å². The van der Waals surface area contributed by atoms with Crippen molar-refractivity contribution in [3.63, 3.8) is 0 Å². The van der Waals surface area contributed by atoms with Gasteiger partial charge in [-0.25, -0.2) is 14.4 Å². The summed E-state index contributed by atoms with van der Waals surface area (Å²) in [4.78, 5) is 23.5.